The van der Waals surface area contributed by atoms with E-state index in [-0.39, 0.29) is 17.2 Å². The van der Waals surface area contributed by atoms with Gasteiger partial charge in [0.2, 0.25) is 5.91 Å². The molecule has 2 unspecified atom stereocenters. The van der Waals surface area contributed by atoms with Crippen LogP contribution in [0, 0.1) is 0 Å². The molecule has 2 atom stereocenters. The summed E-state index contributed by atoms with van der Waals surface area (Å²) in [5.74, 6) is -0.498. The number of carbonyl (C=O) groups is 2. The highest BCUT2D eigenvalue weighted by atomic mass is 32.2. The zero-order chi connectivity index (χ0) is 18.4. The number of carboxylic acid groups (broad SMARTS) is 1. The molecule has 2 rings (SSSR count). The highest BCUT2D eigenvalue weighted by molar-refractivity contribution is 7.85. The third-order valence-corrected chi connectivity index (χ3v) is 5.25. The van der Waals surface area contributed by atoms with Crippen molar-refractivity contribution in [3.8, 4) is 5.75 Å². The van der Waals surface area contributed by atoms with Gasteiger partial charge < -0.3 is 15.2 Å². The van der Waals surface area contributed by atoms with Crippen molar-refractivity contribution in [2.75, 3.05) is 12.4 Å². The van der Waals surface area contributed by atoms with E-state index in [1.165, 1.54) is 12.1 Å². The van der Waals surface area contributed by atoms with Crippen LogP contribution < -0.4 is 10.1 Å². The molecule has 2 aromatic carbocycles. The number of ether oxygens (including phenoxy) is 1. The molecule has 0 bridgehead atoms. The maximum atomic E-state index is 12.4. The highest BCUT2D eigenvalue weighted by Gasteiger charge is 2.20. The van der Waals surface area contributed by atoms with E-state index in [9.17, 15) is 13.8 Å². The number of carbonyl (C=O) groups excluding carboxylic acids is 1. The zero-order valence-corrected chi connectivity index (χ0v) is 14.7. The largest absolute Gasteiger partial charge is 0.497 e. The Labute approximate surface area is 148 Å². The van der Waals surface area contributed by atoms with Gasteiger partial charge in [0.15, 0.2) is 0 Å². The van der Waals surface area contributed by atoms with Gasteiger partial charge in [0.1, 0.15) is 11.0 Å². The summed E-state index contributed by atoms with van der Waals surface area (Å²) in [4.78, 5) is 23.1. The van der Waals surface area contributed by atoms with Crippen LogP contribution in [-0.4, -0.2) is 33.6 Å². The zero-order valence-electron chi connectivity index (χ0n) is 13.9. The van der Waals surface area contributed by atoms with Gasteiger partial charge in [-0.25, -0.2) is 4.79 Å². The van der Waals surface area contributed by atoms with E-state index in [2.05, 4.69) is 5.32 Å². The molecule has 6 nitrogen and oxygen atoms in total. The molecule has 0 aromatic heterocycles. The Balaban J connectivity index is 1.95. The molecule has 2 aromatic rings. The second-order valence-electron chi connectivity index (χ2n) is 5.39. The monoisotopic (exact) mass is 361 g/mol. The number of anilines is 1. The van der Waals surface area contributed by atoms with Crippen molar-refractivity contribution in [1.29, 1.82) is 0 Å². The van der Waals surface area contributed by atoms with Crippen molar-refractivity contribution in [1.82, 2.24) is 0 Å². The van der Waals surface area contributed by atoms with E-state index < -0.39 is 22.0 Å². The quantitative estimate of drug-likeness (QED) is 0.791. The van der Waals surface area contributed by atoms with Crippen molar-refractivity contribution in [3.63, 3.8) is 0 Å². The van der Waals surface area contributed by atoms with E-state index in [4.69, 9.17) is 9.84 Å². The molecule has 0 heterocycles. The van der Waals surface area contributed by atoms with Gasteiger partial charge in [-0.3, -0.25) is 9.00 Å². The average Bonchev–Trinajstić information content (AvgIpc) is 2.62. The summed E-state index contributed by atoms with van der Waals surface area (Å²) in [7, 11) is 0.130. The summed E-state index contributed by atoms with van der Waals surface area (Å²) in [6, 6.07) is 13.0. The van der Waals surface area contributed by atoms with Crippen LogP contribution in [0.3, 0.4) is 0 Å². The third-order valence-electron chi connectivity index (χ3n) is 3.63. The summed E-state index contributed by atoms with van der Waals surface area (Å²) in [5.41, 5.74) is 1.48. The van der Waals surface area contributed by atoms with Crippen LogP contribution in [0.4, 0.5) is 5.69 Å². The third kappa shape index (κ3) is 5.15. The number of carboxylic acids is 1. The number of rotatable bonds is 7. The number of methoxy groups -OCH3 is 1. The minimum atomic E-state index is -1.43. The topological polar surface area (TPSA) is 92.7 Å². The van der Waals surface area contributed by atoms with Gasteiger partial charge in [-0.1, -0.05) is 12.1 Å². The molecule has 2 N–H and O–H groups in total. The van der Waals surface area contributed by atoms with Crippen LogP contribution in [0.2, 0.25) is 0 Å². The summed E-state index contributed by atoms with van der Waals surface area (Å²) in [6.07, 6.45) is 0. The molecule has 0 fully saturated rings. The van der Waals surface area contributed by atoms with E-state index >= 15 is 0 Å². The van der Waals surface area contributed by atoms with Crippen LogP contribution in [0.1, 0.15) is 22.8 Å². The lowest BCUT2D eigenvalue weighted by Gasteiger charge is -2.12. The van der Waals surface area contributed by atoms with E-state index in [0.29, 0.717) is 17.0 Å². The summed E-state index contributed by atoms with van der Waals surface area (Å²) < 4.78 is 17.4. The molecule has 0 saturated heterocycles. The lowest BCUT2D eigenvalue weighted by atomic mass is 10.1. The van der Waals surface area contributed by atoms with Gasteiger partial charge in [-0.2, -0.15) is 0 Å². The van der Waals surface area contributed by atoms with Gasteiger partial charge in [0.25, 0.3) is 0 Å². The fourth-order valence-corrected chi connectivity index (χ4v) is 3.14. The lowest BCUT2D eigenvalue weighted by molar-refractivity contribution is -0.115. The van der Waals surface area contributed by atoms with E-state index in [0.717, 1.165) is 0 Å². The molecule has 0 spiro atoms. The van der Waals surface area contributed by atoms with Crippen molar-refractivity contribution >= 4 is 28.4 Å². The first-order chi connectivity index (χ1) is 11.9. The molecule has 0 saturated carbocycles. The van der Waals surface area contributed by atoms with Gasteiger partial charge >= 0.3 is 5.97 Å². The van der Waals surface area contributed by atoms with Gasteiger partial charge in [-0.15, -0.1) is 0 Å². The second kappa shape index (κ2) is 8.43. The molecule has 7 heteroatoms. The maximum Gasteiger partial charge on any atom is 0.335 e. The first-order valence-electron chi connectivity index (χ1n) is 7.55. The Bertz CT molecular complexity index is 771. The Hall–Kier alpha value is -2.67. The molecule has 25 heavy (non-hydrogen) atoms. The number of hydrogen-bond acceptors (Lipinski definition) is 4. The molecule has 1 amide bonds. The van der Waals surface area contributed by atoms with Crippen molar-refractivity contribution < 1.29 is 23.6 Å². The van der Waals surface area contributed by atoms with Crippen LogP contribution in [0.25, 0.3) is 0 Å². The van der Waals surface area contributed by atoms with Crippen LogP contribution in [0.15, 0.2) is 48.5 Å². The van der Waals surface area contributed by atoms with E-state index in [1.54, 1.807) is 50.4 Å². The fourth-order valence-electron chi connectivity index (χ4n) is 2.07. The summed E-state index contributed by atoms with van der Waals surface area (Å²) >= 11 is 0. The summed E-state index contributed by atoms with van der Waals surface area (Å²) in [6.45, 7) is 1.60. The van der Waals surface area contributed by atoms with Crippen molar-refractivity contribution in [3.05, 3.63) is 59.7 Å². The Kier molecular flexibility index (Phi) is 6.30. The van der Waals surface area contributed by atoms with Gasteiger partial charge in [0.05, 0.1) is 12.7 Å². The lowest BCUT2D eigenvalue weighted by Crippen LogP contribution is -2.29. The normalized spacial score (nSPS) is 12.9. The standard InChI is InChI=1S/C18H19NO5S/c1-12(17(20)19-15-7-9-16(24-2)10-8-15)25(23)11-13-3-5-14(6-4-13)18(21)22/h3-10,12H,11H2,1-2H3,(H,19,20)(H,21,22). The molecular weight excluding hydrogens is 342 g/mol. The molecular formula is C18H19NO5S. The predicted molar refractivity (Wildman–Crippen MR) is 96.3 cm³/mol. The smallest absolute Gasteiger partial charge is 0.335 e. The fraction of sp³-hybridized carbons (Fsp3) is 0.222. The van der Waals surface area contributed by atoms with Gasteiger partial charge in [0, 0.05) is 22.2 Å². The van der Waals surface area contributed by atoms with Gasteiger partial charge in [-0.05, 0) is 48.9 Å². The van der Waals surface area contributed by atoms with E-state index in [1.807, 2.05) is 0 Å². The first-order valence-corrected chi connectivity index (χ1v) is 8.93. The molecule has 0 radical (unpaired) electrons. The van der Waals surface area contributed by atoms with Crippen molar-refractivity contribution in [2.24, 2.45) is 0 Å². The first kappa shape index (κ1) is 18.7. The maximum absolute atomic E-state index is 12.4. The summed E-state index contributed by atoms with van der Waals surface area (Å²) in [5, 5.41) is 10.9. The van der Waals surface area contributed by atoms with Crippen LogP contribution >= 0.6 is 0 Å². The number of hydrogen-bond donors (Lipinski definition) is 2. The van der Waals surface area contributed by atoms with Crippen molar-refractivity contribution in [2.45, 2.75) is 17.9 Å². The number of amides is 1. The molecule has 132 valence electrons. The number of nitrogens with one attached hydrogen (secondary N) is 1. The predicted octanol–water partition coefficient (Wildman–Crippen LogP) is 2.67. The SMILES string of the molecule is COc1ccc(NC(=O)C(C)S(=O)Cc2ccc(C(=O)O)cc2)cc1. The Morgan fingerprint density at radius 1 is 1.12 bits per heavy atom. The highest BCUT2D eigenvalue weighted by Crippen LogP contribution is 2.16. The molecule has 0 aliphatic heterocycles. The second-order valence-corrected chi connectivity index (χ2v) is 7.14. The average molecular weight is 361 g/mol. The molecule has 0 aliphatic carbocycles. The Morgan fingerprint density at radius 3 is 2.24 bits per heavy atom. The van der Waals surface area contributed by atoms with Crippen LogP contribution in [-0.2, 0) is 21.3 Å². The minimum absolute atomic E-state index is 0.167. The number of benzene rings is 2. The van der Waals surface area contributed by atoms with Crippen LogP contribution in [0.5, 0.6) is 5.75 Å². The number of aromatic carboxylic acids is 1. The minimum Gasteiger partial charge on any atom is -0.497 e. The Morgan fingerprint density at radius 2 is 1.72 bits per heavy atom. The molecule has 0 aliphatic rings.